The predicted octanol–water partition coefficient (Wildman–Crippen LogP) is 1.88. The van der Waals surface area contributed by atoms with Crippen molar-refractivity contribution in [3.63, 3.8) is 0 Å². The molecule has 0 saturated carbocycles. The summed E-state index contributed by atoms with van der Waals surface area (Å²) in [5.41, 5.74) is 1.51. The molecule has 2 N–H and O–H groups in total. The number of aliphatic hydroxyl groups is 1. The minimum atomic E-state index is -3.53. The van der Waals surface area contributed by atoms with Gasteiger partial charge in [-0.15, -0.1) is 0 Å². The summed E-state index contributed by atoms with van der Waals surface area (Å²) in [7, 11) is -3.53. The minimum Gasteiger partial charge on any atom is -0.395 e. The Morgan fingerprint density at radius 3 is 2.62 bits per heavy atom. The Balaban J connectivity index is 2.97. The molecule has 0 bridgehead atoms. The normalized spacial score (nSPS) is 13.5. The van der Waals surface area contributed by atoms with Crippen LogP contribution in [-0.2, 0) is 10.0 Å². The van der Waals surface area contributed by atoms with E-state index in [2.05, 4.69) is 20.7 Å². The highest BCUT2D eigenvalue weighted by Crippen LogP contribution is 2.24. The van der Waals surface area contributed by atoms with E-state index in [-0.39, 0.29) is 0 Å². The van der Waals surface area contributed by atoms with Gasteiger partial charge < -0.3 is 5.11 Å². The third kappa shape index (κ3) is 3.20. The number of benzene rings is 1. The second-order valence-electron chi connectivity index (χ2n) is 3.62. The van der Waals surface area contributed by atoms with Gasteiger partial charge in [-0.3, -0.25) is 4.72 Å². The summed E-state index contributed by atoms with van der Waals surface area (Å²) in [6, 6.07) is 5.31. The summed E-state index contributed by atoms with van der Waals surface area (Å²) >= 11 is 3.28. The molecule has 0 spiro atoms. The first kappa shape index (κ1) is 13.5. The molecule has 1 aromatic carbocycles. The molecule has 1 rings (SSSR count). The summed E-state index contributed by atoms with van der Waals surface area (Å²) in [4.78, 5) is 0. The van der Waals surface area contributed by atoms with Crippen molar-refractivity contribution in [1.82, 2.24) is 0 Å². The SMILES string of the molecule is Cc1ccc(NS(=O)(=O)C(C)CO)c(Br)c1. The third-order valence-corrected chi connectivity index (χ3v) is 4.53. The van der Waals surface area contributed by atoms with Gasteiger partial charge in [-0.25, -0.2) is 8.42 Å². The van der Waals surface area contributed by atoms with Crippen LogP contribution in [0.1, 0.15) is 12.5 Å². The molecule has 0 radical (unpaired) electrons. The number of aryl methyl sites for hydroxylation is 1. The van der Waals surface area contributed by atoms with Crippen LogP contribution in [0.15, 0.2) is 22.7 Å². The maximum Gasteiger partial charge on any atom is 0.237 e. The van der Waals surface area contributed by atoms with Gasteiger partial charge in [0.15, 0.2) is 0 Å². The van der Waals surface area contributed by atoms with Gasteiger partial charge in [-0.05, 0) is 47.5 Å². The fourth-order valence-electron chi connectivity index (χ4n) is 1.05. The molecule has 4 nitrogen and oxygen atoms in total. The Hall–Kier alpha value is -0.590. The van der Waals surface area contributed by atoms with Gasteiger partial charge in [0, 0.05) is 4.47 Å². The quantitative estimate of drug-likeness (QED) is 0.892. The summed E-state index contributed by atoms with van der Waals surface area (Å²) in [5, 5.41) is 8.00. The summed E-state index contributed by atoms with van der Waals surface area (Å²) in [6.45, 7) is 2.96. The average Bonchev–Trinajstić information content (AvgIpc) is 2.21. The monoisotopic (exact) mass is 307 g/mol. The van der Waals surface area contributed by atoms with Crippen LogP contribution in [0.3, 0.4) is 0 Å². The van der Waals surface area contributed by atoms with Crippen molar-refractivity contribution in [2.75, 3.05) is 11.3 Å². The van der Waals surface area contributed by atoms with Gasteiger partial charge in [0.1, 0.15) is 5.25 Å². The van der Waals surface area contributed by atoms with Crippen molar-refractivity contribution in [2.45, 2.75) is 19.1 Å². The Morgan fingerprint density at radius 1 is 1.50 bits per heavy atom. The molecule has 0 fully saturated rings. The maximum absolute atomic E-state index is 11.7. The number of hydrogen-bond acceptors (Lipinski definition) is 3. The smallest absolute Gasteiger partial charge is 0.237 e. The Morgan fingerprint density at radius 2 is 2.12 bits per heavy atom. The topological polar surface area (TPSA) is 66.4 Å². The largest absolute Gasteiger partial charge is 0.395 e. The van der Waals surface area contributed by atoms with Crippen LogP contribution in [0.2, 0.25) is 0 Å². The van der Waals surface area contributed by atoms with Crippen LogP contribution in [0.25, 0.3) is 0 Å². The average molecular weight is 308 g/mol. The number of halogens is 1. The van der Waals surface area contributed by atoms with E-state index in [0.29, 0.717) is 10.2 Å². The standard InChI is InChI=1S/C10H14BrNO3S/c1-7-3-4-10(9(11)5-7)12-16(14,15)8(2)6-13/h3-5,8,12-13H,6H2,1-2H3. The van der Waals surface area contributed by atoms with Crippen molar-refractivity contribution in [1.29, 1.82) is 0 Å². The van der Waals surface area contributed by atoms with E-state index in [1.165, 1.54) is 6.92 Å². The lowest BCUT2D eigenvalue weighted by Gasteiger charge is -2.13. The predicted molar refractivity (Wildman–Crippen MR) is 68.0 cm³/mol. The van der Waals surface area contributed by atoms with Crippen molar-refractivity contribution in [2.24, 2.45) is 0 Å². The molecule has 0 aliphatic heterocycles. The number of hydrogen-bond donors (Lipinski definition) is 2. The van der Waals surface area contributed by atoms with Gasteiger partial charge in [0.05, 0.1) is 12.3 Å². The van der Waals surface area contributed by atoms with Crippen molar-refractivity contribution < 1.29 is 13.5 Å². The van der Waals surface area contributed by atoms with Crippen molar-refractivity contribution in [3.05, 3.63) is 28.2 Å². The van der Waals surface area contributed by atoms with Crippen LogP contribution in [0.5, 0.6) is 0 Å². The number of rotatable bonds is 4. The first-order valence-electron chi connectivity index (χ1n) is 4.75. The van der Waals surface area contributed by atoms with E-state index < -0.39 is 21.9 Å². The second-order valence-corrected chi connectivity index (χ2v) is 6.58. The van der Waals surface area contributed by atoms with Crippen LogP contribution in [-0.4, -0.2) is 25.4 Å². The molecular formula is C10H14BrNO3S. The minimum absolute atomic E-state index is 0.404. The second kappa shape index (κ2) is 5.16. The maximum atomic E-state index is 11.7. The zero-order chi connectivity index (χ0) is 12.3. The first-order valence-corrected chi connectivity index (χ1v) is 7.09. The summed E-state index contributed by atoms with van der Waals surface area (Å²) in [5.74, 6) is 0. The van der Waals surface area contributed by atoms with Crippen molar-refractivity contribution >= 4 is 31.6 Å². The number of sulfonamides is 1. The lowest BCUT2D eigenvalue weighted by atomic mass is 10.2. The molecule has 0 aliphatic carbocycles. The Kier molecular flexibility index (Phi) is 4.35. The molecule has 16 heavy (non-hydrogen) atoms. The van der Waals surface area contributed by atoms with E-state index in [0.717, 1.165) is 5.56 Å². The van der Waals surface area contributed by atoms with E-state index in [9.17, 15) is 8.42 Å². The molecular weight excluding hydrogens is 294 g/mol. The Labute approximate surface area is 104 Å². The fourth-order valence-corrected chi connectivity index (χ4v) is 2.66. The van der Waals surface area contributed by atoms with E-state index in [1.54, 1.807) is 6.07 Å². The van der Waals surface area contributed by atoms with Crippen LogP contribution in [0, 0.1) is 6.92 Å². The van der Waals surface area contributed by atoms with Crippen molar-refractivity contribution in [3.8, 4) is 0 Å². The molecule has 90 valence electrons. The zero-order valence-corrected chi connectivity index (χ0v) is 11.5. The molecule has 0 aromatic heterocycles. The van der Waals surface area contributed by atoms with E-state index in [1.807, 2.05) is 19.1 Å². The van der Waals surface area contributed by atoms with Crippen LogP contribution >= 0.6 is 15.9 Å². The van der Waals surface area contributed by atoms with E-state index >= 15 is 0 Å². The van der Waals surface area contributed by atoms with Crippen LogP contribution in [0.4, 0.5) is 5.69 Å². The highest BCUT2D eigenvalue weighted by Gasteiger charge is 2.20. The molecule has 0 saturated heterocycles. The number of nitrogens with one attached hydrogen (secondary N) is 1. The van der Waals surface area contributed by atoms with E-state index in [4.69, 9.17) is 5.11 Å². The highest BCUT2D eigenvalue weighted by atomic mass is 79.9. The van der Waals surface area contributed by atoms with Gasteiger partial charge in [-0.2, -0.15) is 0 Å². The van der Waals surface area contributed by atoms with Gasteiger partial charge in [0.2, 0.25) is 10.0 Å². The first-order chi connectivity index (χ1) is 7.36. The highest BCUT2D eigenvalue weighted by molar-refractivity contribution is 9.10. The number of aliphatic hydroxyl groups excluding tert-OH is 1. The van der Waals surface area contributed by atoms with Crippen LogP contribution < -0.4 is 4.72 Å². The molecule has 1 atom stereocenters. The third-order valence-electron chi connectivity index (χ3n) is 2.16. The van der Waals surface area contributed by atoms with Gasteiger partial charge in [-0.1, -0.05) is 6.07 Å². The fraction of sp³-hybridized carbons (Fsp3) is 0.400. The lowest BCUT2D eigenvalue weighted by Crippen LogP contribution is -2.28. The number of anilines is 1. The molecule has 1 unspecified atom stereocenters. The summed E-state index contributed by atoms with van der Waals surface area (Å²) < 4.78 is 26.5. The lowest BCUT2D eigenvalue weighted by molar-refractivity contribution is 0.296. The van der Waals surface area contributed by atoms with Gasteiger partial charge >= 0.3 is 0 Å². The molecule has 0 aliphatic rings. The zero-order valence-electron chi connectivity index (χ0n) is 9.07. The summed E-state index contributed by atoms with van der Waals surface area (Å²) in [6.07, 6.45) is 0. The molecule has 6 heteroatoms. The Bertz CT molecular complexity index is 473. The molecule has 0 amide bonds. The molecule has 1 aromatic rings. The molecule has 0 heterocycles. The van der Waals surface area contributed by atoms with Gasteiger partial charge in [0.25, 0.3) is 0 Å².